The second-order valence-electron chi connectivity index (χ2n) is 11.1. The molecule has 0 radical (unpaired) electrons. The Kier molecular flexibility index (Phi) is 12.8. The first-order chi connectivity index (χ1) is 21.3. The van der Waals surface area contributed by atoms with Gasteiger partial charge in [-0.2, -0.15) is 0 Å². The van der Waals surface area contributed by atoms with Crippen LogP contribution in [0.5, 0.6) is 0 Å². The van der Waals surface area contributed by atoms with E-state index in [0.29, 0.717) is 0 Å². The Hall–Kier alpha value is -0.840. The van der Waals surface area contributed by atoms with Crippen molar-refractivity contribution in [2.75, 3.05) is 26.4 Å². The average molecular weight is 667 g/mol. The summed E-state index contributed by atoms with van der Waals surface area (Å²) < 4.78 is 37.7. The van der Waals surface area contributed by atoms with Gasteiger partial charge in [-0.25, -0.2) is 0 Å². The Balaban J connectivity index is 1.43. The van der Waals surface area contributed by atoms with Gasteiger partial charge in [-0.05, 0) is 0 Å². The van der Waals surface area contributed by atoms with E-state index >= 15 is 0 Å². The van der Waals surface area contributed by atoms with Crippen molar-refractivity contribution in [1.29, 1.82) is 0 Å². The van der Waals surface area contributed by atoms with Crippen molar-refractivity contribution in [2.24, 2.45) is 0 Å². The summed E-state index contributed by atoms with van der Waals surface area (Å²) in [7, 11) is 0. The van der Waals surface area contributed by atoms with Crippen LogP contribution in [-0.2, 0) is 33.2 Å². The van der Waals surface area contributed by atoms with Crippen LogP contribution >= 0.6 is 0 Å². The van der Waals surface area contributed by atoms with Gasteiger partial charge in [0.2, 0.25) is 0 Å². The summed E-state index contributed by atoms with van der Waals surface area (Å²) in [5.74, 6) is 0. The first kappa shape index (κ1) is 37.0. The van der Waals surface area contributed by atoms with Crippen LogP contribution in [0.1, 0.15) is 0 Å². The lowest BCUT2D eigenvalue weighted by Gasteiger charge is -2.49. The Morgan fingerprint density at radius 3 is 1.02 bits per heavy atom. The van der Waals surface area contributed by atoms with E-state index < -0.39 is 149 Å². The van der Waals surface area contributed by atoms with Crippen LogP contribution < -0.4 is 0 Å². The Labute approximate surface area is 254 Å². The highest BCUT2D eigenvalue weighted by molar-refractivity contribution is 4.97. The number of rotatable bonds is 10. The predicted molar refractivity (Wildman–Crippen MR) is 134 cm³/mol. The van der Waals surface area contributed by atoms with Crippen LogP contribution in [0.15, 0.2) is 0 Å². The summed E-state index contributed by atoms with van der Waals surface area (Å²) in [4.78, 5) is 0. The topological polar surface area (TPSA) is 348 Å². The highest BCUT2D eigenvalue weighted by Gasteiger charge is 2.55. The molecule has 4 saturated heterocycles. The van der Waals surface area contributed by atoms with Gasteiger partial charge in [0.15, 0.2) is 25.2 Å². The van der Waals surface area contributed by atoms with E-state index in [1.807, 2.05) is 0 Å². The minimum atomic E-state index is -2.02. The lowest BCUT2D eigenvalue weighted by atomic mass is 9.95. The van der Waals surface area contributed by atoms with E-state index in [1.54, 1.807) is 0 Å². The summed E-state index contributed by atoms with van der Waals surface area (Å²) in [6.45, 7) is -3.39. The molecule has 4 aliphatic heterocycles. The summed E-state index contributed by atoms with van der Waals surface area (Å²) in [5.41, 5.74) is 0. The van der Waals surface area contributed by atoms with Crippen LogP contribution in [0, 0.1) is 0 Å². The van der Waals surface area contributed by atoms with E-state index in [9.17, 15) is 71.5 Å². The summed E-state index contributed by atoms with van der Waals surface area (Å²) in [6, 6.07) is 0. The second kappa shape index (κ2) is 15.6. The lowest BCUT2D eigenvalue weighted by molar-refractivity contribution is -0.387. The molecule has 0 saturated carbocycles. The zero-order valence-corrected chi connectivity index (χ0v) is 23.5. The van der Waals surface area contributed by atoms with Crippen LogP contribution in [0.4, 0.5) is 0 Å². The first-order valence-electron chi connectivity index (χ1n) is 14.1. The highest BCUT2D eigenvalue weighted by atomic mass is 16.8. The molecule has 4 fully saturated rings. The van der Waals surface area contributed by atoms with Crippen molar-refractivity contribution in [3.8, 4) is 0 Å². The Morgan fingerprint density at radius 2 is 0.644 bits per heavy atom. The zero-order chi connectivity index (χ0) is 33.3. The number of hydrogen-bond acceptors (Lipinski definition) is 21. The molecule has 0 aliphatic carbocycles. The van der Waals surface area contributed by atoms with E-state index in [0.717, 1.165) is 0 Å². The van der Waals surface area contributed by atoms with Crippen molar-refractivity contribution < 1.29 is 105 Å². The summed E-state index contributed by atoms with van der Waals surface area (Å²) in [5, 5.41) is 142. The molecule has 264 valence electrons. The first-order valence-corrected chi connectivity index (χ1v) is 14.1. The standard InChI is InChI=1S/C24H42O21/c25-1-5-9(29)10(30)15(35)22(40-5)44-19-7(3-27)42-24(17(37)12(19)32)45-20-8(4-28)41-23(16(36)13(20)33)43-18-6(2-26)39-21(38)14(34)11(18)31/h5-38H,1-4H2/t5-,6-,7-,8-,9-,10+,11-,12?,13-,14-,15-,16-,17-,18-,19-,20-,21?,22+,23+,24+/m1/s1. The Bertz CT molecular complexity index is 910. The molecular formula is C24H42O21. The average Bonchev–Trinajstić information content (AvgIpc) is 3.03. The molecule has 4 heterocycles. The van der Waals surface area contributed by atoms with Crippen molar-refractivity contribution in [1.82, 2.24) is 0 Å². The van der Waals surface area contributed by atoms with E-state index in [4.69, 9.17) is 33.2 Å². The molecule has 0 amide bonds. The second-order valence-corrected chi connectivity index (χ2v) is 11.1. The fraction of sp³-hybridized carbons (Fsp3) is 1.00. The maximum atomic E-state index is 10.9. The molecule has 0 spiro atoms. The van der Waals surface area contributed by atoms with Gasteiger partial charge in [0.05, 0.1) is 26.4 Å². The van der Waals surface area contributed by atoms with Gasteiger partial charge in [-0.15, -0.1) is 0 Å². The zero-order valence-electron chi connectivity index (χ0n) is 23.5. The summed E-state index contributed by atoms with van der Waals surface area (Å²) >= 11 is 0. The third kappa shape index (κ3) is 7.44. The van der Waals surface area contributed by atoms with Crippen LogP contribution in [0.25, 0.3) is 0 Å². The fourth-order valence-corrected chi connectivity index (χ4v) is 5.55. The number of aliphatic hydroxyl groups excluding tert-OH is 14. The summed E-state index contributed by atoms with van der Waals surface area (Å²) in [6.07, 6.45) is -35.3. The van der Waals surface area contributed by atoms with Gasteiger partial charge in [0.1, 0.15) is 97.7 Å². The molecule has 4 rings (SSSR count). The molecule has 0 aromatic heterocycles. The van der Waals surface area contributed by atoms with E-state index in [-0.39, 0.29) is 0 Å². The van der Waals surface area contributed by atoms with Gasteiger partial charge in [0, 0.05) is 0 Å². The molecular weight excluding hydrogens is 624 g/mol. The molecule has 0 bridgehead atoms. The molecule has 4 aliphatic rings. The van der Waals surface area contributed by atoms with Crippen molar-refractivity contribution in [3.63, 3.8) is 0 Å². The van der Waals surface area contributed by atoms with Crippen LogP contribution in [-0.4, -0.2) is 221 Å². The van der Waals surface area contributed by atoms with Gasteiger partial charge in [-0.1, -0.05) is 0 Å². The maximum absolute atomic E-state index is 10.9. The lowest BCUT2D eigenvalue weighted by Crippen LogP contribution is -2.67. The molecule has 21 heteroatoms. The van der Waals surface area contributed by atoms with Crippen LogP contribution in [0.3, 0.4) is 0 Å². The SMILES string of the molecule is OC[C@H]1O[C@@H](O[C@H]2C(O)[C@@H](O)[C@H](O[C@H]3[C@H](O)[C@@H](O)[C@H](O[C@H]4[C@H](O)[C@@H](O)C(O)O[C@@H]4CO)O[C@@H]3CO)O[C@@H]2CO)[C@H](O)[C@@H](O)[C@@H]1O. The molecule has 0 aromatic carbocycles. The normalized spacial score (nSPS) is 52.9. The van der Waals surface area contributed by atoms with Crippen molar-refractivity contribution in [3.05, 3.63) is 0 Å². The molecule has 45 heavy (non-hydrogen) atoms. The number of ether oxygens (including phenoxy) is 7. The minimum Gasteiger partial charge on any atom is -0.394 e. The molecule has 20 atom stereocenters. The minimum absolute atomic E-state index is 0.784. The third-order valence-corrected chi connectivity index (χ3v) is 8.20. The predicted octanol–water partition coefficient (Wildman–Crippen LogP) is -9.75. The van der Waals surface area contributed by atoms with Crippen LogP contribution in [0.2, 0.25) is 0 Å². The third-order valence-electron chi connectivity index (χ3n) is 8.20. The van der Waals surface area contributed by atoms with Gasteiger partial charge >= 0.3 is 0 Å². The molecule has 14 N–H and O–H groups in total. The smallest absolute Gasteiger partial charge is 0.187 e. The van der Waals surface area contributed by atoms with Gasteiger partial charge in [-0.3, -0.25) is 0 Å². The van der Waals surface area contributed by atoms with Crippen molar-refractivity contribution >= 4 is 0 Å². The maximum Gasteiger partial charge on any atom is 0.187 e. The van der Waals surface area contributed by atoms with Gasteiger partial charge in [0.25, 0.3) is 0 Å². The monoisotopic (exact) mass is 666 g/mol. The molecule has 0 aromatic rings. The number of aliphatic hydroxyl groups is 14. The molecule has 21 nitrogen and oxygen atoms in total. The van der Waals surface area contributed by atoms with Gasteiger partial charge < -0.3 is 105 Å². The van der Waals surface area contributed by atoms with E-state index in [2.05, 4.69) is 0 Å². The largest absolute Gasteiger partial charge is 0.394 e. The fourth-order valence-electron chi connectivity index (χ4n) is 5.55. The van der Waals surface area contributed by atoms with Crippen molar-refractivity contribution in [2.45, 2.75) is 123 Å². The Morgan fingerprint density at radius 1 is 0.333 bits per heavy atom. The quantitative estimate of drug-likeness (QED) is 0.103. The number of hydrogen-bond donors (Lipinski definition) is 14. The van der Waals surface area contributed by atoms with E-state index in [1.165, 1.54) is 0 Å². The molecule has 2 unspecified atom stereocenters. The highest BCUT2D eigenvalue weighted by Crippen LogP contribution is 2.34.